The third-order valence-electron chi connectivity index (χ3n) is 14.1. The summed E-state index contributed by atoms with van der Waals surface area (Å²) in [6.07, 6.45) is 0. The molecule has 0 aliphatic carbocycles. The lowest BCUT2D eigenvalue weighted by Gasteiger charge is -2.27. The SMILES string of the molecule is Cc1cccc(N(c2ccc3c(c2)oc2cc(N(c4cccc(C)c4)c4cccc5c4oc4c(-c6ccccc6)cccc45)c4ccccc4c23)c2cccc3c2oc2c(-c4ccccc4)cccc23)c1. The van der Waals surface area contributed by atoms with E-state index in [9.17, 15) is 0 Å². The minimum absolute atomic E-state index is 0.788. The van der Waals surface area contributed by atoms with Gasteiger partial charge in [0.15, 0.2) is 11.2 Å². The molecule has 5 nitrogen and oxygen atoms in total. The van der Waals surface area contributed by atoms with Crippen LogP contribution in [0.2, 0.25) is 0 Å². The second kappa shape index (κ2) is 16.2. The summed E-state index contributed by atoms with van der Waals surface area (Å²) < 4.78 is 21.2. The lowest BCUT2D eigenvalue weighted by molar-refractivity contribution is 0.667. The molecular weight excluding hydrogens is 869 g/mol. The number of fused-ring (bicyclic) bond motifs is 11. The molecule has 0 unspecified atom stereocenters. The fourth-order valence-electron chi connectivity index (χ4n) is 11.0. The van der Waals surface area contributed by atoms with Crippen molar-refractivity contribution >= 4 is 111 Å². The van der Waals surface area contributed by atoms with Gasteiger partial charge in [-0.2, -0.15) is 0 Å². The zero-order valence-corrected chi connectivity index (χ0v) is 39.1. The van der Waals surface area contributed by atoms with Gasteiger partial charge in [-0.25, -0.2) is 0 Å². The van der Waals surface area contributed by atoms with Gasteiger partial charge in [-0.3, -0.25) is 0 Å². The van der Waals surface area contributed by atoms with Crippen LogP contribution in [0.25, 0.3) is 98.8 Å². The largest absolute Gasteiger partial charge is 0.456 e. The molecule has 0 saturated heterocycles. The summed E-state index contributed by atoms with van der Waals surface area (Å²) >= 11 is 0. The molecule has 14 rings (SSSR count). The van der Waals surface area contributed by atoms with Gasteiger partial charge in [0, 0.05) is 72.3 Å². The van der Waals surface area contributed by atoms with Gasteiger partial charge in [0.2, 0.25) is 0 Å². The Labute approximate surface area is 409 Å². The monoisotopic (exact) mass is 912 g/mol. The number of furan rings is 3. The molecule has 0 spiro atoms. The number of anilines is 6. The summed E-state index contributed by atoms with van der Waals surface area (Å²) in [5.41, 5.74) is 17.5. The Morgan fingerprint density at radius 2 is 0.746 bits per heavy atom. The van der Waals surface area contributed by atoms with E-state index in [1.54, 1.807) is 0 Å². The topological polar surface area (TPSA) is 45.9 Å². The molecule has 0 bridgehead atoms. The van der Waals surface area contributed by atoms with Gasteiger partial charge in [-0.1, -0.05) is 170 Å². The molecule has 71 heavy (non-hydrogen) atoms. The van der Waals surface area contributed by atoms with Crippen LogP contribution in [0, 0.1) is 13.8 Å². The molecule has 5 heteroatoms. The summed E-state index contributed by atoms with van der Waals surface area (Å²) in [4.78, 5) is 4.64. The lowest BCUT2D eigenvalue weighted by atomic mass is 10.00. The third kappa shape index (κ3) is 6.54. The molecule has 0 aliphatic heterocycles. The van der Waals surface area contributed by atoms with E-state index in [1.165, 1.54) is 0 Å². The van der Waals surface area contributed by atoms with Gasteiger partial charge in [-0.05, 0) is 90.0 Å². The highest BCUT2D eigenvalue weighted by atomic mass is 16.3. The second-order valence-electron chi connectivity index (χ2n) is 18.6. The number of rotatable bonds is 8. The molecule has 0 saturated carbocycles. The maximum absolute atomic E-state index is 7.13. The van der Waals surface area contributed by atoms with Crippen LogP contribution in [0.1, 0.15) is 11.1 Å². The van der Waals surface area contributed by atoms with E-state index < -0.39 is 0 Å². The van der Waals surface area contributed by atoms with Crippen LogP contribution in [-0.2, 0) is 0 Å². The van der Waals surface area contributed by atoms with Crippen molar-refractivity contribution in [3.63, 3.8) is 0 Å². The van der Waals surface area contributed by atoms with Crippen LogP contribution < -0.4 is 9.80 Å². The Morgan fingerprint density at radius 3 is 1.32 bits per heavy atom. The number of nitrogens with zero attached hydrogens (tertiary/aromatic N) is 2. The van der Waals surface area contributed by atoms with E-state index in [-0.39, 0.29) is 0 Å². The Hall–Kier alpha value is -9.32. The van der Waals surface area contributed by atoms with Gasteiger partial charge in [0.1, 0.15) is 22.3 Å². The third-order valence-corrected chi connectivity index (χ3v) is 14.1. The Kier molecular flexibility index (Phi) is 9.26. The molecular formula is C66H44N2O3. The number of hydrogen-bond donors (Lipinski definition) is 0. The van der Waals surface area contributed by atoms with Crippen LogP contribution in [0.3, 0.4) is 0 Å². The first-order valence-corrected chi connectivity index (χ1v) is 24.1. The van der Waals surface area contributed by atoms with Crippen LogP contribution >= 0.6 is 0 Å². The van der Waals surface area contributed by atoms with Crippen molar-refractivity contribution in [1.82, 2.24) is 0 Å². The minimum Gasteiger partial charge on any atom is -0.456 e. The predicted octanol–water partition coefficient (Wildman–Crippen LogP) is 19.4. The first kappa shape index (κ1) is 40.7. The van der Waals surface area contributed by atoms with E-state index in [4.69, 9.17) is 13.3 Å². The standard InChI is InChI=1S/C66H44N2O3/c1-41-17-11-23-45(37-41)67(57-33-15-31-54-52-29-13-27-48(63(52)70-65(54)57)43-19-5-3-6-20-43)47-35-36-56-60(39-47)69-61-40-59(50-25-9-10-26-51(50)62(56)61)68(46-24-12-18-42(2)38-46)58-34-16-32-55-53-30-14-28-49(64(53)71-66(55)58)44-21-7-4-8-22-44/h3-40H,1-2H3. The zero-order chi connectivity index (χ0) is 47.2. The fraction of sp³-hybridized carbons (Fsp3) is 0.0303. The van der Waals surface area contributed by atoms with Gasteiger partial charge in [-0.15, -0.1) is 0 Å². The van der Waals surface area contributed by atoms with Crippen molar-refractivity contribution < 1.29 is 13.3 Å². The quantitative estimate of drug-likeness (QED) is 0.152. The molecule has 14 aromatic rings. The van der Waals surface area contributed by atoms with Gasteiger partial charge < -0.3 is 23.1 Å². The molecule has 0 aliphatic rings. The van der Waals surface area contributed by atoms with E-state index in [0.717, 1.165) is 144 Å². The summed E-state index contributed by atoms with van der Waals surface area (Å²) in [7, 11) is 0. The maximum atomic E-state index is 7.13. The molecule has 0 amide bonds. The highest BCUT2D eigenvalue weighted by Crippen LogP contribution is 2.50. The molecule has 336 valence electrons. The average molecular weight is 913 g/mol. The molecule has 3 aromatic heterocycles. The molecule has 11 aromatic carbocycles. The number of benzene rings is 11. The van der Waals surface area contributed by atoms with Crippen molar-refractivity contribution in [3.05, 3.63) is 242 Å². The Bertz CT molecular complexity index is 4390. The molecule has 0 N–H and O–H groups in total. The predicted molar refractivity (Wildman–Crippen MR) is 295 cm³/mol. The highest BCUT2D eigenvalue weighted by molar-refractivity contribution is 6.24. The van der Waals surface area contributed by atoms with Crippen molar-refractivity contribution in [3.8, 4) is 22.3 Å². The van der Waals surface area contributed by atoms with Gasteiger partial charge >= 0.3 is 0 Å². The average Bonchev–Trinajstić information content (AvgIpc) is 4.12. The summed E-state index contributed by atoms with van der Waals surface area (Å²) in [5, 5.41) is 8.58. The van der Waals surface area contributed by atoms with E-state index in [2.05, 4.69) is 242 Å². The summed E-state index contributed by atoms with van der Waals surface area (Å²) in [6.45, 7) is 4.28. The Balaban J connectivity index is 0.977. The second-order valence-corrected chi connectivity index (χ2v) is 18.6. The van der Waals surface area contributed by atoms with Crippen LogP contribution in [-0.4, -0.2) is 0 Å². The number of aryl methyl sites for hydroxylation is 2. The van der Waals surface area contributed by atoms with Crippen molar-refractivity contribution in [2.75, 3.05) is 9.80 Å². The maximum Gasteiger partial charge on any atom is 0.159 e. The first-order chi connectivity index (χ1) is 35.0. The van der Waals surface area contributed by atoms with E-state index in [0.29, 0.717) is 0 Å². The molecule has 0 fully saturated rings. The smallest absolute Gasteiger partial charge is 0.159 e. The fourth-order valence-corrected chi connectivity index (χ4v) is 11.0. The summed E-state index contributed by atoms with van der Waals surface area (Å²) in [6, 6.07) is 81.6. The lowest BCUT2D eigenvalue weighted by Crippen LogP contribution is -2.11. The molecule has 0 atom stereocenters. The van der Waals surface area contributed by atoms with Gasteiger partial charge in [0.25, 0.3) is 0 Å². The number of hydrogen-bond acceptors (Lipinski definition) is 5. The Morgan fingerprint density at radius 1 is 0.282 bits per heavy atom. The molecule has 0 radical (unpaired) electrons. The normalized spacial score (nSPS) is 11.8. The minimum atomic E-state index is 0.788. The molecule has 3 heterocycles. The first-order valence-electron chi connectivity index (χ1n) is 24.1. The van der Waals surface area contributed by atoms with E-state index >= 15 is 0 Å². The van der Waals surface area contributed by atoms with Gasteiger partial charge in [0.05, 0.1) is 22.7 Å². The number of para-hydroxylation sites is 4. The zero-order valence-electron chi connectivity index (χ0n) is 39.1. The van der Waals surface area contributed by atoms with E-state index in [1.807, 2.05) is 12.1 Å². The van der Waals surface area contributed by atoms with Crippen LogP contribution in [0.4, 0.5) is 34.1 Å². The van der Waals surface area contributed by atoms with Crippen molar-refractivity contribution in [2.45, 2.75) is 13.8 Å². The van der Waals surface area contributed by atoms with Crippen LogP contribution in [0.5, 0.6) is 0 Å². The van der Waals surface area contributed by atoms with Crippen LogP contribution in [0.15, 0.2) is 244 Å². The van der Waals surface area contributed by atoms with Crippen molar-refractivity contribution in [2.24, 2.45) is 0 Å². The van der Waals surface area contributed by atoms with Crippen molar-refractivity contribution in [1.29, 1.82) is 0 Å². The highest BCUT2D eigenvalue weighted by Gasteiger charge is 2.26. The summed E-state index contributed by atoms with van der Waals surface area (Å²) in [5.74, 6) is 0.